The van der Waals surface area contributed by atoms with Crippen LogP contribution in [0.4, 0.5) is 34.5 Å². The number of nitrogens with one attached hydrogen (secondary N) is 2. The van der Waals surface area contributed by atoms with Crippen LogP contribution < -0.4 is 15.5 Å². The predicted octanol–water partition coefficient (Wildman–Crippen LogP) is 5.25. The number of phenols is 1. The van der Waals surface area contributed by atoms with Crippen LogP contribution in [-0.4, -0.2) is 63.2 Å². The van der Waals surface area contributed by atoms with E-state index in [-0.39, 0.29) is 29.1 Å². The first-order chi connectivity index (χ1) is 17.8. The first-order valence-corrected chi connectivity index (χ1v) is 12.6. The van der Waals surface area contributed by atoms with E-state index in [1.54, 1.807) is 32.0 Å². The second-order valence-corrected chi connectivity index (χ2v) is 10.7. The summed E-state index contributed by atoms with van der Waals surface area (Å²) in [5.74, 6) is 0.268. The summed E-state index contributed by atoms with van der Waals surface area (Å²) in [6, 6.07) is 7.70. The van der Waals surface area contributed by atoms with E-state index in [1.165, 1.54) is 18.3 Å². The Labute approximate surface area is 230 Å². The monoisotopic (exact) mass is 561 g/mol. The van der Waals surface area contributed by atoms with Crippen molar-refractivity contribution >= 4 is 57.7 Å². The summed E-state index contributed by atoms with van der Waals surface area (Å²) in [5.41, 5.74) is 0.0806. The molecule has 0 unspecified atom stereocenters. The average Bonchev–Trinajstić information content (AvgIpc) is 3.32. The number of aliphatic hydroxyl groups is 1. The average molecular weight is 562 g/mol. The maximum absolute atomic E-state index is 11.9. The molecule has 2 aromatic carbocycles. The molecule has 202 valence electrons. The lowest BCUT2D eigenvalue weighted by atomic mass is 9.96. The van der Waals surface area contributed by atoms with Gasteiger partial charge in [-0.3, -0.25) is 10.1 Å². The molecule has 1 atom stereocenters. The van der Waals surface area contributed by atoms with Crippen LogP contribution in [0, 0.1) is 10.1 Å². The lowest BCUT2D eigenvalue weighted by Gasteiger charge is -2.23. The Hall–Kier alpha value is -3.38. The van der Waals surface area contributed by atoms with E-state index in [1.807, 2.05) is 19.0 Å². The maximum Gasteiger partial charge on any atom is 0.294 e. The van der Waals surface area contributed by atoms with Gasteiger partial charge in [0.15, 0.2) is 0 Å². The first kappa shape index (κ1) is 27.6. The summed E-state index contributed by atoms with van der Waals surface area (Å²) in [4.78, 5) is 24.0. The van der Waals surface area contributed by atoms with Crippen LogP contribution in [-0.2, 0) is 5.60 Å². The van der Waals surface area contributed by atoms with Crippen molar-refractivity contribution in [1.29, 1.82) is 0 Å². The molecule has 0 amide bonds. The summed E-state index contributed by atoms with van der Waals surface area (Å²) in [5, 5.41) is 39.8. The van der Waals surface area contributed by atoms with E-state index >= 15 is 0 Å². The molecule has 1 aliphatic rings. The van der Waals surface area contributed by atoms with Gasteiger partial charge in [-0.25, -0.2) is 4.98 Å². The van der Waals surface area contributed by atoms with Crippen molar-refractivity contribution in [3.05, 3.63) is 62.3 Å². The van der Waals surface area contributed by atoms with Crippen molar-refractivity contribution in [2.24, 2.45) is 0 Å². The number of aromatic hydroxyl groups is 1. The van der Waals surface area contributed by atoms with Crippen LogP contribution in [0.25, 0.3) is 0 Å². The van der Waals surface area contributed by atoms with Crippen molar-refractivity contribution in [3.63, 3.8) is 0 Å². The summed E-state index contributed by atoms with van der Waals surface area (Å²) >= 11 is 12.3. The number of benzene rings is 2. The minimum Gasteiger partial charge on any atom is -0.506 e. The van der Waals surface area contributed by atoms with E-state index in [2.05, 4.69) is 25.5 Å². The van der Waals surface area contributed by atoms with E-state index in [0.29, 0.717) is 45.9 Å². The standard InChI is InChI=1S/C25H29Cl2N7O4/c1-25(2,36)15-9-16(26)17(27)10-18(15)29-23-5-7-28-24(31-23)30-19-11-21(34(37)38)20(12-22(19)35)33-8-6-14(13-33)32(3)4/h5,7,9-12,14,35-36H,6,8,13H2,1-4H3,(H2,28,29,30,31)/t14-/m1/s1. The van der Waals surface area contributed by atoms with Gasteiger partial charge in [0, 0.05) is 48.7 Å². The van der Waals surface area contributed by atoms with Crippen molar-refractivity contribution in [2.45, 2.75) is 31.9 Å². The Bertz CT molecular complexity index is 1360. The maximum atomic E-state index is 11.9. The molecule has 0 saturated carbocycles. The van der Waals surface area contributed by atoms with Gasteiger partial charge in [-0.2, -0.15) is 4.98 Å². The third-order valence-electron chi connectivity index (χ3n) is 6.41. The SMILES string of the molecule is CN(C)[C@@H]1CCN(c2cc(O)c(Nc3nccc(Nc4cc(Cl)c(Cl)cc4C(C)(C)O)n3)cc2[N+](=O)[O-])C1. The number of hydrogen-bond acceptors (Lipinski definition) is 10. The lowest BCUT2D eigenvalue weighted by molar-refractivity contribution is -0.384. The predicted molar refractivity (Wildman–Crippen MR) is 149 cm³/mol. The van der Waals surface area contributed by atoms with E-state index in [9.17, 15) is 20.3 Å². The molecule has 3 aromatic rings. The van der Waals surface area contributed by atoms with Crippen LogP contribution in [0.2, 0.25) is 10.0 Å². The number of rotatable bonds is 8. The van der Waals surface area contributed by atoms with Crippen LogP contribution in [0.5, 0.6) is 5.75 Å². The number of halogens is 2. The summed E-state index contributed by atoms with van der Waals surface area (Å²) in [6.07, 6.45) is 2.34. The fraction of sp³-hybridized carbons (Fsp3) is 0.360. The summed E-state index contributed by atoms with van der Waals surface area (Å²) in [6.45, 7) is 4.51. The zero-order valence-corrected chi connectivity index (χ0v) is 22.9. The highest BCUT2D eigenvalue weighted by Gasteiger charge is 2.30. The smallest absolute Gasteiger partial charge is 0.294 e. The lowest BCUT2D eigenvalue weighted by Crippen LogP contribution is -2.31. The van der Waals surface area contributed by atoms with Gasteiger partial charge in [-0.05, 0) is 52.6 Å². The molecule has 1 aromatic heterocycles. The zero-order valence-electron chi connectivity index (χ0n) is 21.4. The number of anilines is 5. The fourth-order valence-corrected chi connectivity index (χ4v) is 4.68. The van der Waals surface area contributed by atoms with Crippen LogP contribution in [0.3, 0.4) is 0 Å². The van der Waals surface area contributed by atoms with E-state index < -0.39 is 10.5 Å². The molecule has 4 rings (SSSR count). The molecule has 1 aliphatic heterocycles. The van der Waals surface area contributed by atoms with Gasteiger partial charge in [-0.15, -0.1) is 0 Å². The highest BCUT2D eigenvalue weighted by molar-refractivity contribution is 6.42. The third kappa shape index (κ3) is 6.02. The molecule has 0 radical (unpaired) electrons. The fourth-order valence-electron chi connectivity index (χ4n) is 4.35. The molecule has 0 bridgehead atoms. The van der Waals surface area contributed by atoms with Gasteiger partial charge in [-0.1, -0.05) is 23.2 Å². The Kier molecular flexibility index (Phi) is 7.84. The Balaban J connectivity index is 1.61. The molecule has 0 spiro atoms. The number of hydrogen-bond donors (Lipinski definition) is 4. The highest BCUT2D eigenvalue weighted by atomic mass is 35.5. The van der Waals surface area contributed by atoms with Crippen LogP contribution >= 0.6 is 23.2 Å². The van der Waals surface area contributed by atoms with Crippen molar-refractivity contribution in [3.8, 4) is 5.75 Å². The van der Waals surface area contributed by atoms with Gasteiger partial charge in [0.2, 0.25) is 5.95 Å². The summed E-state index contributed by atoms with van der Waals surface area (Å²) in [7, 11) is 3.95. The largest absolute Gasteiger partial charge is 0.506 e. The Morgan fingerprint density at radius 1 is 1.16 bits per heavy atom. The minimum atomic E-state index is -1.22. The molecular formula is C25H29Cl2N7O4. The van der Waals surface area contributed by atoms with Crippen molar-refractivity contribution in [1.82, 2.24) is 14.9 Å². The van der Waals surface area contributed by atoms with E-state index in [4.69, 9.17) is 23.2 Å². The quantitative estimate of drug-likeness (QED) is 0.163. The molecule has 1 saturated heterocycles. The molecule has 0 aliphatic carbocycles. The second-order valence-electron chi connectivity index (χ2n) is 9.85. The normalized spacial score (nSPS) is 15.7. The number of aromatic nitrogens is 2. The molecular weight excluding hydrogens is 533 g/mol. The van der Waals surface area contributed by atoms with Gasteiger partial charge in [0.25, 0.3) is 5.69 Å². The van der Waals surface area contributed by atoms with Crippen LogP contribution in [0.15, 0.2) is 36.5 Å². The molecule has 11 nitrogen and oxygen atoms in total. The first-order valence-electron chi connectivity index (χ1n) is 11.8. The molecule has 38 heavy (non-hydrogen) atoms. The second kappa shape index (κ2) is 10.8. The molecule has 13 heteroatoms. The zero-order chi connectivity index (χ0) is 27.8. The topological polar surface area (TPSA) is 140 Å². The van der Waals surface area contributed by atoms with E-state index in [0.717, 1.165) is 6.42 Å². The molecule has 1 fully saturated rings. The van der Waals surface area contributed by atoms with Crippen LogP contribution in [0.1, 0.15) is 25.8 Å². The third-order valence-corrected chi connectivity index (χ3v) is 7.13. The number of nitro benzene ring substituents is 1. The number of nitro groups is 1. The van der Waals surface area contributed by atoms with Crippen molar-refractivity contribution in [2.75, 3.05) is 42.7 Å². The minimum absolute atomic E-state index is 0.0889. The number of phenolic OH excluding ortho intramolecular Hbond substituents is 1. The van der Waals surface area contributed by atoms with Crippen molar-refractivity contribution < 1.29 is 15.1 Å². The Morgan fingerprint density at radius 2 is 1.87 bits per heavy atom. The molecule has 4 N–H and O–H groups in total. The number of likely N-dealkylation sites (N-methyl/N-ethyl adjacent to an activating group) is 1. The van der Waals surface area contributed by atoms with Gasteiger partial charge < -0.3 is 30.6 Å². The Morgan fingerprint density at radius 3 is 2.50 bits per heavy atom. The van der Waals surface area contributed by atoms with Gasteiger partial charge >= 0.3 is 0 Å². The van der Waals surface area contributed by atoms with Gasteiger partial charge in [0.1, 0.15) is 17.3 Å². The highest BCUT2D eigenvalue weighted by Crippen LogP contribution is 2.40. The molecule has 2 heterocycles. The van der Waals surface area contributed by atoms with Gasteiger partial charge in [0.05, 0.1) is 26.3 Å². The summed E-state index contributed by atoms with van der Waals surface area (Å²) < 4.78 is 0. The number of nitrogens with zero attached hydrogens (tertiary/aromatic N) is 5.